The van der Waals surface area contributed by atoms with E-state index in [4.69, 9.17) is 5.73 Å². The summed E-state index contributed by atoms with van der Waals surface area (Å²) >= 11 is 0. The number of anilines is 1. The van der Waals surface area contributed by atoms with Gasteiger partial charge in [0, 0.05) is 12.4 Å². The molecule has 2 heterocycles. The van der Waals surface area contributed by atoms with Crippen molar-refractivity contribution in [3.8, 4) is 0 Å². The molecule has 2 N–H and O–H groups in total. The van der Waals surface area contributed by atoms with Gasteiger partial charge in [0.1, 0.15) is 17.3 Å². The van der Waals surface area contributed by atoms with Crippen LogP contribution in [0.3, 0.4) is 0 Å². The van der Waals surface area contributed by atoms with Crippen LogP contribution >= 0.6 is 0 Å². The summed E-state index contributed by atoms with van der Waals surface area (Å²) in [6.45, 7) is 1.73. The maximum absolute atomic E-state index is 12.0. The van der Waals surface area contributed by atoms with Crippen molar-refractivity contribution in [2.75, 3.05) is 5.73 Å². The number of pyridine rings is 1. The second kappa shape index (κ2) is 4.06. The summed E-state index contributed by atoms with van der Waals surface area (Å²) < 4.78 is 0. The van der Waals surface area contributed by atoms with Crippen molar-refractivity contribution < 1.29 is 4.79 Å². The van der Waals surface area contributed by atoms with Gasteiger partial charge in [-0.2, -0.15) is 0 Å². The van der Waals surface area contributed by atoms with E-state index in [9.17, 15) is 4.79 Å². The van der Waals surface area contributed by atoms with Gasteiger partial charge in [-0.15, -0.1) is 0 Å². The lowest BCUT2D eigenvalue weighted by Gasteiger charge is -2.02. The molecule has 0 fully saturated rings. The third-order valence-electron chi connectivity index (χ3n) is 2.09. The molecule has 16 heavy (non-hydrogen) atoms. The molecular formula is C11H10N4O. The summed E-state index contributed by atoms with van der Waals surface area (Å²) in [6, 6.07) is 4.85. The Kier molecular flexibility index (Phi) is 2.59. The van der Waals surface area contributed by atoms with Crippen LogP contribution in [0.5, 0.6) is 0 Å². The molecule has 0 unspecified atom stereocenters. The molecule has 5 nitrogen and oxygen atoms in total. The van der Waals surface area contributed by atoms with Crippen molar-refractivity contribution in [1.29, 1.82) is 0 Å². The van der Waals surface area contributed by atoms with Crippen LogP contribution in [0.2, 0.25) is 0 Å². The Labute approximate surface area is 92.4 Å². The zero-order chi connectivity index (χ0) is 11.5. The lowest BCUT2D eigenvalue weighted by molar-refractivity contribution is 0.103. The second-order valence-corrected chi connectivity index (χ2v) is 3.25. The van der Waals surface area contributed by atoms with E-state index < -0.39 is 0 Å². The predicted molar refractivity (Wildman–Crippen MR) is 58.9 cm³/mol. The fraction of sp³-hybridized carbons (Fsp3) is 0.0909. The fourth-order valence-electron chi connectivity index (χ4n) is 1.33. The number of nitrogens with zero attached hydrogens (tertiary/aromatic N) is 3. The highest BCUT2D eigenvalue weighted by Crippen LogP contribution is 2.12. The van der Waals surface area contributed by atoms with Gasteiger partial charge in [-0.3, -0.25) is 4.79 Å². The average molecular weight is 214 g/mol. The van der Waals surface area contributed by atoms with Gasteiger partial charge in [-0.25, -0.2) is 15.0 Å². The van der Waals surface area contributed by atoms with Crippen molar-refractivity contribution in [2.24, 2.45) is 0 Å². The van der Waals surface area contributed by atoms with Crippen LogP contribution in [-0.2, 0) is 0 Å². The van der Waals surface area contributed by atoms with E-state index in [1.807, 2.05) is 0 Å². The van der Waals surface area contributed by atoms with Gasteiger partial charge in [0.05, 0.1) is 5.56 Å². The summed E-state index contributed by atoms with van der Waals surface area (Å²) in [6.07, 6.45) is 3.08. The number of rotatable bonds is 2. The van der Waals surface area contributed by atoms with E-state index in [0.29, 0.717) is 17.1 Å². The SMILES string of the molecule is Cc1nccc(C(=O)c2cccnc2N)n1. The lowest BCUT2D eigenvalue weighted by Crippen LogP contribution is -2.09. The van der Waals surface area contributed by atoms with Gasteiger partial charge in [0.2, 0.25) is 5.78 Å². The minimum atomic E-state index is -0.240. The Morgan fingerprint density at radius 1 is 1.25 bits per heavy atom. The molecule has 0 aliphatic heterocycles. The zero-order valence-corrected chi connectivity index (χ0v) is 8.71. The number of carbonyl (C=O) groups excluding carboxylic acids is 1. The van der Waals surface area contributed by atoms with Crippen molar-refractivity contribution in [3.63, 3.8) is 0 Å². The molecule has 0 aromatic carbocycles. The van der Waals surface area contributed by atoms with Gasteiger partial charge < -0.3 is 5.73 Å². The van der Waals surface area contributed by atoms with E-state index in [1.165, 1.54) is 6.20 Å². The number of nitrogens with two attached hydrogens (primary N) is 1. The minimum absolute atomic E-state index is 0.212. The molecular weight excluding hydrogens is 204 g/mol. The molecule has 0 amide bonds. The lowest BCUT2D eigenvalue weighted by atomic mass is 10.1. The summed E-state index contributed by atoms with van der Waals surface area (Å²) in [5, 5.41) is 0. The summed E-state index contributed by atoms with van der Waals surface area (Å²) in [7, 11) is 0. The normalized spacial score (nSPS) is 10.1. The van der Waals surface area contributed by atoms with E-state index in [2.05, 4.69) is 15.0 Å². The second-order valence-electron chi connectivity index (χ2n) is 3.25. The largest absolute Gasteiger partial charge is 0.383 e. The first-order chi connectivity index (χ1) is 7.68. The van der Waals surface area contributed by atoms with Gasteiger partial charge in [0.25, 0.3) is 0 Å². The molecule has 2 rings (SSSR count). The number of ketones is 1. The standard InChI is InChI=1S/C11H10N4O/c1-7-13-6-4-9(15-7)10(16)8-3-2-5-14-11(8)12/h2-6H,1H3,(H2,12,14). The molecule has 2 aromatic heterocycles. The van der Waals surface area contributed by atoms with E-state index in [1.54, 1.807) is 31.3 Å². The highest BCUT2D eigenvalue weighted by molar-refractivity contribution is 6.10. The first-order valence-electron chi connectivity index (χ1n) is 4.73. The van der Waals surface area contributed by atoms with Crippen LogP contribution in [0.25, 0.3) is 0 Å². The van der Waals surface area contributed by atoms with Crippen LogP contribution in [0.15, 0.2) is 30.6 Å². The molecule has 0 radical (unpaired) electrons. The van der Waals surface area contributed by atoms with Crippen molar-refractivity contribution >= 4 is 11.6 Å². The Bertz CT molecular complexity index is 539. The molecule has 2 aromatic rings. The zero-order valence-electron chi connectivity index (χ0n) is 8.71. The summed E-state index contributed by atoms with van der Waals surface area (Å²) in [5.74, 6) is 0.521. The number of hydrogen-bond acceptors (Lipinski definition) is 5. The maximum atomic E-state index is 12.0. The van der Waals surface area contributed by atoms with Crippen LogP contribution in [0.4, 0.5) is 5.82 Å². The summed E-state index contributed by atoms with van der Waals surface area (Å²) in [5.41, 5.74) is 6.31. The third-order valence-corrected chi connectivity index (χ3v) is 2.09. The van der Waals surface area contributed by atoms with E-state index in [-0.39, 0.29) is 11.6 Å². The average Bonchev–Trinajstić information content (AvgIpc) is 2.29. The Morgan fingerprint density at radius 3 is 2.75 bits per heavy atom. The molecule has 0 aliphatic rings. The number of aryl methyl sites for hydroxylation is 1. The van der Waals surface area contributed by atoms with E-state index in [0.717, 1.165) is 0 Å². The van der Waals surface area contributed by atoms with Crippen LogP contribution < -0.4 is 5.73 Å². The number of nitrogen functional groups attached to an aromatic ring is 1. The van der Waals surface area contributed by atoms with Gasteiger partial charge in [0.15, 0.2) is 0 Å². The van der Waals surface area contributed by atoms with Crippen molar-refractivity contribution in [3.05, 3.63) is 47.7 Å². The minimum Gasteiger partial charge on any atom is -0.383 e. The molecule has 0 saturated carbocycles. The Morgan fingerprint density at radius 2 is 2.06 bits per heavy atom. The molecule has 0 aliphatic carbocycles. The predicted octanol–water partition coefficient (Wildman–Crippen LogP) is 0.993. The smallest absolute Gasteiger partial charge is 0.215 e. The van der Waals surface area contributed by atoms with Crippen LogP contribution in [0, 0.1) is 6.92 Å². The van der Waals surface area contributed by atoms with E-state index >= 15 is 0 Å². The van der Waals surface area contributed by atoms with Crippen molar-refractivity contribution in [1.82, 2.24) is 15.0 Å². The van der Waals surface area contributed by atoms with Crippen molar-refractivity contribution in [2.45, 2.75) is 6.92 Å². The number of hydrogen-bond donors (Lipinski definition) is 1. The van der Waals surface area contributed by atoms with Crippen LogP contribution in [-0.4, -0.2) is 20.7 Å². The van der Waals surface area contributed by atoms with Crippen LogP contribution in [0.1, 0.15) is 21.9 Å². The molecule has 0 bridgehead atoms. The Hall–Kier alpha value is -2.30. The van der Waals surface area contributed by atoms with Gasteiger partial charge in [-0.05, 0) is 25.1 Å². The third kappa shape index (κ3) is 1.88. The first kappa shape index (κ1) is 10.2. The quantitative estimate of drug-likeness (QED) is 0.754. The first-order valence-corrected chi connectivity index (χ1v) is 4.73. The highest BCUT2D eigenvalue weighted by atomic mass is 16.1. The summed E-state index contributed by atoms with van der Waals surface area (Å²) in [4.78, 5) is 23.8. The molecule has 0 atom stereocenters. The topological polar surface area (TPSA) is 81.8 Å². The molecule has 80 valence electrons. The fourth-order valence-corrected chi connectivity index (χ4v) is 1.33. The molecule has 0 spiro atoms. The Balaban J connectivity index is 2.44. The number of carbonyl (C=O) groups is 1. The maximum Gasteiger partial charge on any atom is 0.215 e. The van der Waals surface area contributed by atoms with Gasteiger partial charge in [-0.1, -0.05) is 0 Å². The number of aromatic nitrogens is 3. The van der Waals surface area contributed by atoms with Gasteiger partial charge >= 0.3 is 0 Å². The highest BCUT2D eigenvalue weighted by Gasteiger charge is 2.13. The molecule has 0 saturated heterocycles. The monoisotopic (exact) mass is 214 g/mol. The molecule has 5 heteroatoms.